The van der Waals surface area contributed by atoms with Crippen LogP contribution >= 0.6 is 0 Å². The number of aliphatic hydroxyl groups is 2. The lowest BCUT2D eigenvalue weighted by atomic mass is 9.39. The molecular weight excluding hydrogens is 364 g/mol. The van der Waals surface area contributed by atoms with Crippen molar-refractivity contribution < 1.29 is 20.1 Å². The minimum atomic E-state index is -1.19. The summed E-state index contributed by atoms with van der Waals surface area (Å²) in [6, 6.07) is 0. The van der Waals surface area contributed by atoms with E-state index < -0.39 is 29.0 Å². The summed E-state index contributed by atoms with van der Waals surface area (Å²) < 4.78 is 0. The molecule has 0 saturated heterocycles. The molecule has 10 atom stereocenters. The molecule has 4 rings (SSSR count). The maximum Gasteiger partial charge on any atom is 0.312 e. The van der Waals surface area contributed by atoms with E-state index in [-0.39, 0.29) is 6.42 Å². The van der Waals surface area contributed by atoms with Gasteiger partial charge in [-0.05, 0) is 91.8 Å². The highest BCUT2D eigenvalue weighted by Crippen LogP contribution is 2.71. The molecule has 4 nitrogen and oxygen atoms in total. The highest BCUT2D eigenvalue weighted by atomic mass is 16.4. The number of carboxylic acids is 1. The van der Waals surface area contributed by atoms with Crippen LogP contribution in [-0.2, 0) is 4.79 Å². The van der Waals surface area contributed by atoms with Crippen LogP contribution in [0.15, 0.2) is 0 Å². The van der Waals surface area contributed by atoms with E-state index in [1.165, 1.54) is 32.1 Å². The van der Waals surface area contributed by atoms with E-state index in [2.05, 4.69) is 27.7 Å². The second-order valence-electron chi connectivity index (χ2n) is 11.7. The summed E-state index contributed by atoms with van der Waals surface area (Å²) in [5.41, 5.74) is -1.27. The van der Waals surface area contributed by atoms with Crippen LogP contribution in [0.5, 0.6) is 0 Å². The summed E-state index contributed by atoms with van der Waals surface area (Å²) in [4.78, 5) is 12.6. The fourth-order valence-electron chi connectivity index (χ4n) is 9.40. The number of hydrogen-bond acceptors (Lipinski definition) is 3. The smallest absolute Gasteiger partial charge is 0.312 e. The van der Waals surface area contributed by atoms with E-state index in [9.17, 15) is 20.1 Å². The Hall–Kier alpha value is -0.610. The normalized spacial score (nSPS) is 52.9. The van der Waals surface area contributed by atoms with Crippen LogP contribution in [0, 0.1) is 45.8 Å². The Morgan fingerprint density at radius 2 is 1.79 bits per heavy atom. The van der Waals surface area contributed by atoms with Crippen molar-refractivity contribution in [3.63, 3.8) is 0 Å². The van der Waals surface area contributed by atoms with Crippen molar-refractivity contribution in [2.24, 2.45) is 45.8 Å². The summed E-state index contributed by atoms with van der Waals surface area (Å²) in [6.45, 7) is 9.37. The van der Waals surface area contributed by atoms with Crippen LogP contribution in [0.3, 0.4) is 0 Å². The molecule has 0 bridgehead atoms. The summed E-state index contributed by atoms with van der Waals surface area (Å²) in [6.07, 6.45) is 8.09. The molecule has 0 spiro atoms. The number of carbonyl (C=O) groups is 1. The van der Waals surface area contributed by atoms with Gasteiger partial charge in [-0.25, -0.2) is 0 Å². The Labute approximate surface area is 176 Å². The van der Waals surface area contributed by atoms with Crippen molar-refractivity contribution in [2.75, 3.05) is 0 Å². The van der Waals surface area contributed by atoms with Gasteiger partial charge in [-0.2, -0.15) is 0 Å². The molecular formula is C25H42O4. The van der Waals surface area contributed by atoms with Gasteiger partial charge in [0.25, 0.3) is 0 Å². The van der Waals surface area contributed by atoms with Gasteiger partial charge in [0.2, 0.25) is 0 Å². The fourth-order valence-corrected chi connectivity index (χ4v) is 9.40. The minimum absolute atomic E-state index is 0.210. The predicted octanol–water partition coefficient (Wildman–Crippen LogP) is 4.87. The molecule has 0 aromatic rings. The summed E-state index contributed by atoms with van der Waals surface area (Å²) in [5, 5.41) is 32.0. The van der Waals surface area contributed by atoms with E-state index in [1.54, 1.807) is 0 Å². The van der Waals surface area contributed by atoms with Gasteiger partial charge in [-0.15, -0.1) is 0 Å². The Morgan fingerprint density at radius 1 is 1.07 bits per heavy atom. The first-order valence-electron chi connectivity index (χ1n) is 12.2. The van der Waals surface area contributed by atoms with Gasteiger partial charge < -0.3 is 15.3 Å². The van der Waals surface area contributed by atoms with E-state index >= 15 is 0 Å². The minimum Gasteiger partial charge on any atom is -0.481 e. The van der Waals surface area contributed by atoms with Crippen LogP contribution in [0.2, 0.25) is 0 Å². The molecule has 4 fully saturated rings. The second kappa shape index (κ2) is 7.22. The van der Waals surface area contributed by atoms with Crippen LogP contribution in [0.25, 0.3) is 0 Å². The van der Waals surface area contributed by atoms with Crippen LogP contribution < -0.4 is 0 Å². The van der Waals surface area contributed by atoms with Gasteiger partial charge in [-0.1, -0.05) is 40.5 Å². The molecule has 4 aliphatic rings. The van der Waals surface area contributed by atoms with E-state index in [4.69, 9.17) is 0 Å². The Bertz CT molecular complexity index is 649. The van der Waals surface area contributed by atoms with Crippen molar-refractivity contribution >= 4 is 5.97 Å². The fraction of sp³-hybridized carbons (Fsp3) is 0.960. The Morgan fingerprint density at radius 3 is 2.45 bits per heavy atom. The van der Waals surface area contributed by atoms with E-state index in [0.717, 1.165) is 24.7 Å². The molecule has 0 amide bonds. The van der Waals surface area contributed by atoms with Crippen LogP contribution in [-0.4, -0.2) is 33.5 Å². The quantitative estimate of drug-likeness (QED) is 0.622. The molecule has 4 aliphatic carbocycles. The first-order valence-corrected chi connectivity index (χ1v) is 12.2. The molecule has 0 aromatic heterocycles. The molecule has 0 heterocycles. The standard InChI is InChI=1S/C25H42O4/c1-5-6-15(2)18-7-8-19-17-13-21(27)25(22(28)29)14-16(26)9-12-24(25,4)20(17)10-11-23(18,19)3/h15-21,26-27H,5-14H2,1-4H3,(H,28,29)/t15-,16?,17+,18-,19+,20+,21?,23-,24-,25?/m1/s1. The van der Waals surface area contributed by atoms with Crippen molar-refractivity contribution in [1.82, 2.24) is 0 Å². The number of aliphatic hydroxyl groups excluding tert-OH is 2. The summed E-state index contributed by atoms with van der Waals surface area (Å²) >= 11 is 0. The summed E-state index contributed by atoms with van der Waals surface area (Å²) in [7, 11) is 0. The zero-order valence-corrected chi connectivity index (χ0v) is 18.9. The summed E-state index contributed by atoms with van der Waals surface area (Å²) in [5.74, 6) is 2.01. The lowest BCUT2D eigenvalue weighted by Crippen LogP contribution is -2.67. The molecule has 4 heteroatoms. The predicted molar refractivity (Wildman–Crippen MR) is 113 cm³/mol. The maximum absolute atomic E-state index is 12.6. The van der Waals surface area contributed by atoms with E-state index in [1.807, 2.05) is 0 Å². The Balaban J connectivity index is 1.69. The second-order valence-corrected chi connectivity index (χ2v) is 11.7. The number of hydrogen-bond donors (Lipinski definition) is 3. The van der Waals surface area contributed by atoms with Gasteiger partial charge in [0.1, 0.15) is 5.41 Å². The highest BCUT2D eigenvalue weighted by molar-refractivity contribution is 5.77. The number of aliphatic carboxylic acids is 1. The van der Waals surface area contributed by atoms with Gasteiger partial charge in [0.15, 0.2) is 0 Å². The molecule has 3 unspecified atom stereocenters. The first kappa shape index (κ1) is 21.6. The average Bonchev–Trinajstić information content (AvgIpc) is 3.01. The van der Waals surface area contributed by atoms with Gasteiger partial charge in [-0.3, -0.25) is 4.79 Å². The average molecular weight is 407 g/mol. The molecule has 0 radical (unpaired) electrons. The molecule has 0 aromatic carbocycles. The molecule has 0 aliphatic heterocycles. The number of rotatable bonds is 4. The monoisotopic (exact) mass is 406 g/mol. The molecule has 4 saturated carbocycles. The van der Waals surface area contributed by atoms with Crippen LogP contribution in [0.1, 0.15) is 91.9 Å². The maximum atomic E-state index is 12.6. The zero-order valence-electron chi connectivity index (χ0n) is 18.9. The Kier molecular flexibility index (Phi) is 5.38. The highest BCUT2D eigenvalue weighted by Gasteiger charge is 2.70. The molecule has 3 N–H and O–H groups in total. The van der Waals surface area contributed by atoms with Crippen molar-refractivity contribution in [1.29, 1.82) is 0 Å². The lowest BCUT2D eigenvalue weighted by molar-refractivity contribution is -0.234. The largest absolute Gasteiger partial charge is 0.481 e. The topological polar surface area (TPSA) is 77.8 Å². The molecule has 166 valence electrons. The van der Waals surface area contributed by atoms with Crippen LogP contribution in [0.4, 0.5) is 0 Å². The zero-order chi connectivity index (χ0) is 21.2. The third-order valence-corrected chi connectivity index (χ3v) is 10.8. The number of fused-ring (bicyclic) bond motifs is 5. The lowest BCUT2D eigenvalue weighted by Gasteiger charge is -2.65. The van der Waals surface area contributed by atoms with Gasteiger partial charge in [0.05, 0.1) is 12.2 Å². The van der Waals surface area contributed by atoms with Crippen molar-refractivity contribution in [3.8, 4) is 0 Å². The van der Waals surface area contributed by atoms with Crippen molar-refractivity contribution in [3.05, 3.63) is 0 Å². The van der Waals surface area contributed by atoms with Crippen molar-refractivity contribution in [2.45, 2.75) is 104 Å². The van der Waals surface area contributed by atoms with Gasteiger partial charge >= 0.3 is 5.97 Å². The first-order chi connectivity index (χ1) is 13.6. The SMILES string of the molecule is CCC[C@@H](C)[C@H]1CC[C@H]2[C@@H]3CC(O)C4(C(=O)O)CC(O)CC[C@]4(C)[C@H]3CC[C@]12C. The molecule has 29 heavy (non-hydrogen) atoms. The van der Waals surface area contributed by atoms with E-state index in [0.29, 0.717) is 36.0 Å². The van der Waals surface area contributed by atoms with Gasteiger partial charge in [0, 0.05) is 0 Å². The number of carboxylic acid groups (broad SMARTS) is 1. The third-order valence-electron chi connectivity index (χ3n) is 10.8. The third kappa shape index (κ3) is 2.80.